The van der Waals surface area contributed by atoms with Crippen LogP contribution in [0.15, 0.2) is 22.7 Å². The van der Waals surface area contributed by atoms with Crippen molar-refractivity contribution in [3.63, 3.8) is 0 Å². The van der Waals surface area contributed by atoms with Crippen LogP contribution >= 0.6 is 0 Å². The first kappa shape index (κ1) is 12.5. The van der Waals surface area contributed by atoms with Crippen molar-refractivity contribution in [3.05, 3.63) is 40.8 Å². The number of nitrogens with one attached hydrogen (secondary N) is 1. The fourth-order valence-corrected chi connectivity index (χ4v) is 2.28. The standard InChI is InChI=1S/C14H19N3O/c1-8-6-5-7-12(15)14(8)16-9(2)13-10(3)17-18-11(13)4/h5-7,9,16H,15H2,1-4H3. The minimum Gasteiger partial charge on any atom is -0.397 e. The molecule has 1 aromatic carbocycles. The molecule has 1 aromatic heterocycles. The lowest BCUT2D eigenvalue weighted by atomic mass is 10.1. The molecule has 4 nitrogen and oxygen atoms in total. The number of aryl methyl sites for hydroxylation is 3. The van der Waals surface area contributed by atoms with E-state index in [4.69, 9.17) is 10.3 Å². The number of nitrogen functional groups attached to an aromatic ring is 1. The molecule has 0 saturated carbocycles. The van der Waals surface area contributed by atoms with Crippen LogP contribution in [-0.2, 0) is 0 Å². The Labute approximate surface area is 107 Å². The van der Waals surface area contributed by atoms with Gasteiger partial charge in [-0.3, -0.25) is 0 Å². The van der Waals surface area contributed by atoms with Crippen LogP contribution in [0.5, 0.6) is 0 Å². The van der Waals surface area contributed by atoms with Gasteiger partial charge in [0.25, 0.3) is 0 Å². The van der Waals surface area contributed by atoms with Crippen LogP contribution < -0.4 is 11.1 Å². The SMILES string of the molecule is Cc1cccc(N)c1NC(C)c1c(C)noc1C. The Morgan fingerprint density at radius 1 is 1.28 bits per heavy atom. The lowest BCUT2D eigenvalue weighted by Crippen LogP contribution is -2.11. The van der Waals surface area contributed by atoms with Crippen LogP contribution in [0.25, 0.3) is 0 Å². The van der Waals surface area contributed by atoms with E-state index in [0.29, 0.717) is 0 Å². The van der Waals surface area contributed by atoms with E-state index in [1.54, 1.807) is 0 Å². The monoisotopic (exact) mass is 245 g/mol. The van der Waals surface area contributed by atoms with E-state index < -0.39 is 0 Å². The van der Waals surface area contributed by atoms with Crippen molar-refractivity contribution >= 4 is 11.4 Å². The second-order valence-corrected chi connectivity index (χ2v) is 4.64. The number of rotatable bonds is 3. The lowest BCUT2D eigenvalue weighted by molar-refractivity contribution is 0.392. The van der Waals surface area contributed by atoms with Gasteiger partial charge in [0.1, 0.15) is 5.76 Å². The highest BCUT2D eigenvalue weighted by atomic mass is 16.5. The normalized spacial score (nSPS) is 12.4. The van der Waals surface area contributed by atoms with E-state index in [9.17, 15) is 0 Å². The number of para-hydroxylation sites is 1. The second kappa shape index (κ2) is 4.72. The zero-order valence-electron chi connectivity index (χ0n) is 11.2. The number of aromatic nitrogens is 1. The third-order valence-corrected chi connectivity index (χ3v) is 3.19. The zero-order valence-corrected chi connectivity index (χ0v) is 11.2. The van der Waals surface area contributed by atoms with Gasteiger partial charge in [-0.2, -0.15) is 0 Å². The topological polar surface area (TPSA) is 64.1 Å². The van der Waals surface area contributed by atoms with Gasteiger partial charge in [-0.25, -0.2) is 0 Å². The molecule has 0 bridgehead atoms. The summed E-state index contributed by atoms with van der Waals surface area (Å²) >= 11 is 0. The fraction of sp³-hybridized carbons (Fsp3) is 0.357. The van der Waals surface area contributed by atoms with Crippen LogP contribution in [0.2, 0.25) is 0 Å². The van der Waals surface area contributed by atoms with Crippen molar-refractivity contribution in [2.45, 2.75) is 33.7 Å². The summed E-state index contributed by atoms with van der Waals surface area (Å²) in [4.78, 5) is 0. The minimum absolute atomic E-state index is 0.111. The van der Waals surface area contributed by atoms with Gasteiger partial charge in [-0.1, -0.05) is 17.3 Å². The van der Waals surface area contributed by atoms with Gasteiger partial charge in [-0.15, -0.1) is 0 Å². The molecule has 2 aromatic rings. The Kier molecular flexibility index (Phi) is 3.28. The van der Waals surface area contributed by atoms with Gasteiger partial charge in [-0.05, 0) is 39.3 Å². The molecule has 2 rings (SSSR count). The summed E-state index contributed by atoms with van der Waals surface area (Å²) in [7, 11) is 0. The maximum Gasteiger partial charge on any atom is 0.139 e. The van der Waals surface area contributed by atoms with E-state index in [-0.39, 0.29) is 6.04 Å². The molecule has 0 radical (unpaired) electrons. The minimum atomic E-state index is 0.111. The Balaban J connectivity index is 2.30. The van der Waals surface area contributed by atoms with Crippen LogP contribution in [0.3, 0.4) is 0 Å². The molecule has 0 saturated heterocycles. The smallest absolute Gasteiger partial charge is 0.139 e. The van der Waals surface area contributed by atoms with Crippen molar-refractivity contribution in [1.82, 2.24) is 5.16 Å². The van der Waals surface area contributed by atoms with Crippen LogP contribution in [0.1, 0.15) is 35.5 Å². The highest BCUT2D eigenvalue weighted by molar-refractivity contribution is 5.70. The molecule has 0 amide bonds. The number of nitrogens with two attached hydrogens (primary N) is 1. The Bertz CT molecular complexity index is 520. The first-order valence-corrected chi connectivity index (χ1v) is 6.05. The molecule has 4 heteroatoms. The lowest BCUT2D eigenvalue weighted by Gasteiger charge is -2.18. The first-order chi connectivity index (χ1) is 8.50. The Morgan fingerprint density at radius 3 is 2.56 bits per heavy atom. The van der Waals surface area contributed by atoms with Gasteiger partial charge < -0.3 is 15.6 Å². The van der Waals surface area contributed by atoms with Crippen molar-refractivity contribution in [1.29, 1.82) is 0 Å². The van der Waals surface area contributed by atoms with E-state index in [1.165, 1.54) is 0 Å². The predicted octanol–water partition coefficient (Wildman–Crippen LogP) is 3.36. The Hall–Kier alpha value is -1.97. The average molecular weight is 245 g/mol. The quantitative estimate of drug-likeness (QED) is 0.814. The van der Waals surface area contributed by atoms with E-state index in [1.807, 2.05) is 39.0 Å². The summed E-state index contributed by atoms with van der Waals surface area (Å²) in [6, 6.07) is 6.00. The number of hydrogen-bond donors (Lipinski definition) is 2. The van der Waals surface area contributed by atoms with Gasteiger partial charge in [0.2, 0.25) is 0 Å². The summed E-state index contributed by atoms with van der Waals surface area (Å²) < 4.78 is 5.19. The number of benzene rings is 1. The van der Waals surface area contributed by atoms with Crippen LogP contribution in [-0.4, -0.2) is 5.16 Å². The predicted molar refractivity (Wildman–Crippen MR) is 73.6 cm³/mol. The summed E-state index contributed by atoms with van der Waals surface area (Å²) in [5.41, 5.74) is 10.9. The molecule has 3 N–H and O–H groups in total. The molecule has 0 aliphatic carbocycles. The van der Waals surface area contributed by atoms with E-state index >= 15 is 0 Å². The highest BCUT2D eigenvalue weighted by Gasteiger charge is 2.17. The summed E-state index contributed by atoms with van der Waals surface area (Å²) in [6.45, 7) is 8.00. The number of anilines is 2. The second-order valence-electron chi connectivity index (χ2n) is 4.64. The molecule has 1 unspecified atom stereocenters. The fourth-order valence-electron chi connectivity index (χ4n) is 2.28. The van der Waals surface area contributed by atoms with Gasteiger partial charge in [0, 0.05) is 5.56 Å². The van der Waals surface area contributed by atoms with Gasteiger partial charge >= 0.3 is 0 Å². The molecule has 1 heterocycles. The molecule has 96 valence electrons. The van der Waals surface area contributed by atoms with E-state index in [0.717, 1.165) is 34.0 Å². The maximum absolute atomic E-state index is 6.00. The summed E-state index contributed by atoms with van der Waals surface area (Å²) in [5.74, 6) is 0.847. The molecular weight excluding hydrogens is 226 g/mol. The largest absolute Gasteiger partial charge is 0.397 e. The van der Waals surface area contributed by atoms with Crippen LogP contribution in [0.4, 0.5) is 11.4 Å². The zero-order chi connectivity index (χ0) is 13.3. The first-order valence-electron chi connectivity index (χ1n) is 6.05. The van der Waals surface area contributed by atoms with Crippen molar-refractivity contribution < 1.29 is 4.52 Å². The van der Waals surface area contributed by atoms with Crippen molar-refractivity contribution in [3.8, 4) is 0 Å². The molecule has 18 heavy (non-hydrogen) atoms. The molecule has 1 atom stereocenters. The summed E-state index contributed by atoms with van der Waals surface area (Å²) in [6.07, 6.45) is 0. The van der Waals surface area contributed by atoms with Gasteiger partial charge in [0.05, 0.1) is 23.1 Å². The average Bonchev–Trinajstić information content (AvgIpc) is 2.64. The molecule has 0 fully saturated rings. The van der Waals surface area contributed by atoms with E-state index in [2.05, 4.69) is 17.4 Å². The summed E-state index contributed by atoms with van der Waals surface area (Å²) in [5, 5.41) is 7.41. The van der Waals surface area contributed by atoms with Crippen molar-refractivity contribution in [2.75, 3.05) is 11.1 Å². The third-order valence-electron chi connectivity index (χ3n) is 3.19. The molecule has 0 spiro atoms. The highest BCUT2D eigenvalue weighted by Crippen LogP contribution is 2.29. The molecule has 0 aliphatic rings. The van der Waals surface area contributed by atoms with Crippen molar-refractivity contribution in [2.24, 2.45) is 0 Å². The molecular formula is C14H19N3O. The maximum atomic E-state index is 6.00. The van der Waals surface area contributed by atoms with Crippen LogP contribution in [0, 0.1) is 20.8 Å². The van der Waals surface area contributed by atoms with Gasteiger partial charge in [0.15, 0.2) is 0 Å². The number of nitrogens with zero attached hydrogens (tertiary/aromatic N) is 1. The number of hydrogen-bond acceptors (Lipinski definition) is 4. The third kappa shape index (κ3) is 2.18. The Morgan fingerprint density at radius 2 is 2.00 bits per heavy atom. The molecule has 0 aliphatic heterocycles.